The molecule has 0 bridgehead atoms. The summed E-state index contributed by atoms with van der Waals surface area (Å²) < 4.78 is 56.1. The molecule has 0 spiro atoms. The van der Waals surface area contributed by atoms with Crippen molar-refractivity contribution in [3.05, 3.63) is 82.4 Å². The van der Waals surface area contributed by atoms with Gasteiger partial charge in [-0.1, -0.05) is 41.5 Å². The first-order valence-corrected chi connectivity index (χ1v) is 13.4. The molecule has 3 rings (SSSR count). The van der Waals surface area contributed by atoms with E-state index in [0.29, 0.717) is 22.5 Å². The molecule has 0 radical (unpaired) electrons. The van der Waals surface area contributed by atoms with Crippen LogP contribution in [-0.4, -0.2) is 30.9 Å². The molecule has 3 aromatic rings. The van der Waals surface area contributed by atoms with Crippen molar-refractivity contribution in [3.8, 4) is 0 Å². The third-order valence-electron chi connectivity index (χ3n) is 5.84. The molecule has 0 unspecified atom stereocenters. The van der Waals surface area contributed by atoms with Crippen LogP contribution in [0.4, 0.5) is 11.4 Å². The highest BCUT2D eigenvalue weighted by Crippen LogP contribution is 2.33. The van der Waals surface area contributed by atoms with E-state index in [-0.39, 0.29) is 9.79 Å². The van der Waals surface area contributed by atoms with Gasteiger partial charge in [-0.05, 0) is 75.6 Å². The second kappa shape index (κ2) is 8.83. The normalized spacial score (nSPS) is 12.0. The summed E-state index contributed by atoms with van der Waals surface area (Å²) in [6.45, 7) is 9.19. The van der Waals surface area contributed by atoms with Gasteiger partial charge in [0.1, 0.15) is 0 Å². The first-order chi connectivity index (χ1) is 15.3. The van der Waals surface area contributed by atoms with Crippen LogP contribution in [-0.2, 0) is 20.0 Å². The van der Waals surface area contributed by atoms with Crippen LogP contribution in [0.15, 0.2) is 64.4 Å². The Morgan fingerprint density at radius 3 is 1.64 bits per heavy atom. The number of hydrogen-bond acceptors (Lipinski definition) is 4. The van der Waals surface area contributed by atoms with Crippen molar-refractivity contribution in [2.45, 2.75) is 44.4 Å². The largest absolute Gasteiger partial charge is 0.269 e. The molecule has 33 heavy (non-hydrogen) atoms. The molecular formula is C25H30N2O4S2. The van der Waals surface area contributed by atoms with Crippen LogP contribution in [0.25, 0.3) is 0 Å². The Labute approximate surface area is 197 Å². The minimum Gasteiger partial charge on any atom is -0.269 e. The molecule has 0 aliphatic carbocycles. The lowest BCUT2D eigenvalue weighted by molar-refractivity contribution is 0.591. The van der Waals surface area contributed by atoms with Crippen molar-refractivity contribution in [2.75, 3.05) is 22.7 Å². The molecular weight excluding hydrogens is 456 g/mol. The zero-order valence-corrected chi connectivity index (χ0v) is 21.7. The molecule has 0 aliphatic heterocycles. The third-order valence-corrected chi connectivity index (χ3v) is 9.54. The topological polar surface area (TPSA) is 74.8 Å². The first-order valence-electron chi connectivity index (χ1n) is 10.5. The van der Waals surface area contributed by atoms with Gasteiger partial charge in [0.2, 0.25) is 0 Å². The maximum atomic E-state index is 13.6. The van der Waals surface area contributed by atoms with Crippen LogP contribution < -0.4 is 8.61 Å². The van der Waals surface area contributed by atoms with E-state index in [1.54, 1.807) is 50.2 Å². The van der Waals surface area contributed by atoms with E-state index in [1.807, 2.05) is 32.9 Å². The average Bonchev–Trinajstić information content (AvgIpc) is 2.73. The van der Waals surface area contributed by atoms with E-state index in [2.05, 4.69) is 0 Å². The minimum absolute atomic E-state index is 0.0662. The van der Waals surface area contributed by atoms with E-state index in [0.717, 1.165) is 21.0 Å². The van der Waals surface area contributed by atoms with Gasteiger partial charge in [0, 0.05) is 14.1 Å². The summed E-state index contributed by atoms with van der Waals surface area (Å²) in [6.07, 6.45) is 0. The number of rotatable bonds is 6. The predicted molar refractivity (Wildman–Crippen MR) is 134 cm³/mol. The van der Waals surface area contributed by atoms with E-state index in [1.165, 1.54) is 24.5 Å². The Balaban J connectivity index is 2.11. The summed E-state index contributed by atoms with van der Waals surface area (Å²) in [5.41, 5.74) is 4.93. The second-order valence-electron chi connectivity index (χ2n) is 8.45. The summed E-state index contributed by atoms with van der Waals surface area (Å²) in [5, 5.41) is 0. The summed E-state index contributed by atoms with van der Waals surface area (Å²) in [5.74, 6) is 0. The molecule has 176 valence electrons. The zero-order chi connectivity index (χ0) is 24.7. The summed E-state index contributed by atoms with van der Waals surface area (Å²) in [4.78, 5) is 0.212. The van der Waals surface area contributed by atoms with E-state index in [4.69, 9.17) is 0 Å². The lowest BCUT2D eigenvalue weighted by Gasteiger charge is -2.26. The van der Waals surface area contributed by atoms with Gasteiger partial charge in [0.25, 0.3) is 20.0 Å². The highest BCUT2D eigenvalue weighted by molar-refractivity contribution is 7.93. The van der Waals surface area contributed by atoms with Gasteiger partial charge in [-0.25, -0.2) is 16.8 Å². The van der Waals surface area contributed by atoms with Crippen LogP contribution >= 0.6 is 0 Å². The molecule has 6 nitrogen and oxygen atoms in total. The molecule has 0 saturated carbocycles. The smallest absolute Gasteiger partial charge is 0.264 e. The highest BCUT2D eigenvalue weighted by Gasteiger charge is 2.28. The van der Waals surface area contributed by atoms with E-state index in [9.17, 15) is 16.8 Å². The number of nitrogens with zero attached hydrogens (tertiary/aromatic N) is 2. The van der Waals surface area contributed by atoms with Crippen molar-refractivity contribution in [2.24, 2.45) is 0 Å². The Hall–Kier alpha value is -2.84. The maximum absolute atomic E-state index is 13.6. The van der Waals surface area contributed by atoms with Crippen molar-refractivity contribution in [1.82, 2.24) is 0 Å². The summed E-state index contributed by atoms with van der Waals surface area (Å²) >= 11 is 0. The Morgan fingerprint density at radius 1 is 0.545 bits per heavy atom. The Morgan fingerprint density at radius 2 is 1.06 bits per heavy atom. The average molecular weight is 487 g/mol. The zero-order valence-electron chi connectivity index (χ0n) is 20.0. The van der Waals surface area contributed by atoms with Gasteiger partial charge in [-0.15, -0.1) is 0 Å². The molecule has 0 aliphatic rings. The number of hydrogen-bond donors (Lipinski definition) is 0. The fourth-order valence-electron chi connectivity index (χ4n) is 3.87. The quantitative estimate of drug-likeness (QED) is 0.498. The molecule has 0 N–H and O–H groups in total. The molecule has 0 aromatic heterocycles. The summed E-state index contributed by atoms with van der Waals surface area (Å²) in [6, 6.07) is 15.3. The third kappa shape index (κ3) is 4.63. The molecule has 0 amide bonds. The highest BCUT2D eigenvalue weighted by atomic mass is 32.2. The van der Waals surface area contributed by atoms with Crippen LogP contribution in [0, 0.1) is 34.6 Å². The first kappa shape index (κ1) is 24.8. The Kier molecular flexibility index (Phi) is 6.64. The van der Waals surface area contributed by atoms with Crippen LogP contribution in [0.1, 0.15) is 27.8 Å². The van der Waals surface area contributed by atoms with Crippen LogP contribution in [0.2, 0.25) is 0 Å². The monoisotopic (exact) mass is 486 g/mol. The van der Waals surface area contributed by atoms with Gasteiger partial charge >= 0.3 is 0 Å². The number of sulfonamides is 2. The van der Waals surface area contributed by atoms with Crippen LogP contribution in [0.3, 0.4) is 0 Å². The molecule has 0 saturated heterocycles. The number of aryl methyl sites for hydroxylation is 5. The second-order valence-corrected chi connectivity index (χ2v) is 12.4. The molecule has 8 heteroatoms. The molecule has 0 atom stereocenters. The molecule has 0 fully saturated rings. The van der Waals surface area contributed by atoms with Crippen molar-refractivity contribution in [1.29, 1.82) is 0 Å². The van der Waals surface area contributed by atoms with E-state index < -0.39 is 20.0 Å². The number of benzene rings is 3. The minimum atomic E-state index is -3.93. The predicted octanol–water partition coefficient (Wildman–Crippen LogP) is 4.88. The fourth-order valence-corrected chi connectivity index (χ4v) is 6.61. The van der Waals surface area contributed by atoms with Gasteiger partial charge in [-0.3, -0.25) is 8.61 Å². The van der Waals surface area contributed by atoms with Gasteiger partial charge in [0.15, 0.2) is 0 Å². The summed E-state index contributed by atoms with van der Waals surface area (Å²) in [7, 11) is -4.85. The van der Waals surface area contributed by atoms with Gasteiger partial charge < -0.3 is 0 Å². The van der Waals surface area contributed by atoms with Crippen LogP contribution in [0.5, 0.6) is 0 Å². The molecule has 3 aromatic carbocycles. The SMILES string of the molecule is Cc1ccc(S(=O)(=O)N(C)c2cc(S(=O)(=O)N(C)c3ccc(C)cc3C)c(C)cc2C)cc1. The van der Waals surface area contributed by atoms with Gasteiger partial charge in [-0.2, -0.15) is 0 Å². The number of anilines is 2. The van der Waals surface area contributed by atoms with E-state index >= 15 is 0 Å². The van der Waals surface area contributed by atoms with Gasteiger partial charge in [0.05, 0.1) is 21.2 Å². The lowest BCUT2D eigenvalue weighted by atomic mass is 10.1. The lowest BCUT2D eigenvalue weighted by Crippen LogP contribution is -2.30. The molecule has 0 heterocycles. The van der Waals surface area contributed by atoms with Crippen molar-refractivity contribution >= 4 is 31.4 Å². The Bertz CT molecular complexity index is 1410. The maximum Gasteiger partial charge on any atom is 0.264 e. The van der Waals surface area contributed by atoms with Crippen molar-refractivity contribution in [3.63, 3.8) is 0 Å². The fraction of sp³-hybridized carbons (Fsp3) is 0.280. The standard InChI is InChI=1S/C25H30N2O4S2/c1-17-8-11-22(12-9-17)32(28,29)27(7)24-16-25(21(5)15-20(24)4)33(30,31)26(6)23-13-10-18(2)14-19(23)3/h8-16H,1-7H3. The van der Waals surface area contributed by atoms with Crippen molar-refractivity contribution < 1.29 is 16.8 Å².